The molecule has 3 heteroatoms. The van der Waals surface area contributed by atoms with Gasteiger partial charge in [0.15, 0.2) is 0 Å². The van der Waals surface area contributed by atoms with Crippen molar-refractivity contribution in [2.24, 2.45) is 0 Å². The van der Waals surface area contributed by atoms with Crippen molar-refractivity contribution in [1.82, 2.24) is 9.97 Å². The molecule has 16 heavy (non-hydrogen) atoms. The lowest BCUT2D eigenvalue weighted by atomic mass is 10.0. The van der Waals surface area contributed by atoms with Crippen LogP contribution in [-0.4, -0.2) is 22.7 Å². The van der Waals surface area contributed by atoms with Crippen LogP contribution in [0.3, 0.4) is 0 Å². The van der Waals surface area contributed by atoms with Gasteiger partial charge in [-0.2, -0.15) is 0 Å². The number of rotatable bonds is 2. The molecule has 0 aromatic carbocycles. The van der Waals surface area contributed by atoms with Crippen molar-refractivity contribution >= 4 is 0 Å². The van der Waals surface area contributed by atoms with Gasteiger partial charge >= 0.3 is 0 Å². The van der Waals surface area contributed by atoms with E-state index in [0.717, 1.165) is 25.3 Å². The summed E-state index contributed by atoms with van der Waals surface area (Å²) < 4.78 is 5.75. The average molecular weight is 220 g/mol. The number of aromatic nitrogens is 2. The highest BCUT2D eigenvalue weighted by atomic mass is 16.5. The van der Waals surface area contributed by atoms with Gasteiger partial charge in [0.25, 0.3) is 0 Å². The normalized spacial score (nSPS) is 25.4. The molecule has 3 rings (SSSR count). The molecule has 1 saturated heterocycles. The first-order valence-corrected chi connectivity index (χ1v) is 6.60. The maximum atomic E-state index is 5.75. The summed E-state index contributed by atoms with van der Waals surface area (Å²) in [5.74, 6) is 1.15. The van der Waals surface area contributed by atoms with E-state index < -0.39 is 0 Å². The molecule has 88 valence electrons. The van der Waals surface area contributed by atoms with Crippen molar-refractivity contribution in [3.63, 3.8) is 0 Å². The lowest BCUT2D eigenvalue weighted by Gasteiger charge is -2.21. The van der Waals surface area contributed by atoms with Crippen molar-refractivity contribution in [2.75, 3.05) is 6.61 Å². The van der Waals surface area contributed by atoms with E-state index in [1.807, 2.05) is 0 Å². The van der Waals surface area contributed by atoms with E-state index in [1.165, 1.54) is 49.9 Å². The Morgan fingerprint density at radius 2 is 2.12 bits per heavy atom. The van der Waals surface area contributed by atoms with E-state index in [9.17, 15) is 0 Å². The maximum Gasteiger partial charge on any atom is 0.109 e. The Balaban J connectivity index is 1.67. The van der Waals surface area contributed by atoms with Crippen LogP contribution in [0.1, 0.15) is 49.3 Å². The molecular formula is C13H20N2O. The van der Waals surface area contributed by atoms with Gasteiger partial charge in [-0.05, 0) is 44.9 Å². The van der Waals surface area contributed by atoms with E-state index in [-0.39, 0.29) is 0 Å². The van der Waals surface area contributed by atoms with Crippen LogP contribution in [0, 0.1) is 0 Å². The van der Waals surface area contributed by atoms with Gasteiger partial charge in [-0.15, -0.1) is 0 Å². The lowest BCUT2D eigenvalue weighted by molar-refractivity contribution is 0.0157. The SMILES string of the molecule is C1CCC(Cc2nc3c([nH]2)CCCC3)OC1. The molecule has 0 radical (unpaired) electrons. The number of H-pyrrole nitrogens is 1. The highest BCUT2D eigenvalue weighted by Gasteiger charge is 2.19. The van der Waals surface area contributed by atoms with E-state index >= 15 is 0 Å². The molecule has 0 amide bonds. The smallest absolute Gasteiger partial charge is 0.109 e. The molecule has 1 aromatic rings. The minimum Gasteiger partial charge on any atom is -0.378 e. The summed E-state index contributed by atoms with van der Waals surface area (Å²) in [6.45, 7) is 0.936. The van der Waals surface area contributed by atoms with Gasteiger partial charge in [-0.25, -0.2) is 4.98 Å². The van der Waals surface area contributed by atoms with Crippen molar-refractivity contribution in [3.05, 3.63) is 17.2 Å². The molecule has 0 bridgehead atoms. The van der Waals surface area contributed by atoms with Gasteiger partial charge in [0.2, 0.25) is 0 Å². The van der Waals surface area contributed by atoms with E-state index in [0.29, 0.717) is 6.10 Å². The zero-order valence-corrected chi connectivity index (χ0v) is 9.80. The van der Waals surface area contributed by atoms with Crippen LogP contribution in [0.5, 0.6) is 0 Å². The van der Waals surface area contributed by atoms with Crippen molar-refractivity contribution in [3.8, 4) is 0 Å². The number of nitrogens with one attached hydrogen (secondary N) is 1. The Bertz CT molecular complexity index is 329. The summed E-state index contributed by atoms with van der Waals surface area (Å²) in [4.78, 5) is 8.20. The average Bonchev–Trinajstić information content (AvgIpc) is 2.72. The predicted molar refractivity (Wildman–Crippen MR) is 62.5 cm³/mol. The molecule has 2 aliphatic rings. The fourth-order valence-corrected chi connectivity index (χ4v) is 2.79. The third kappa shape index (κ3) is 2.14. The summed E-state index contributed by atoms with van der Waals surface area (Å²) >= 11 is 0. The quantitative estimate of drug-likeness (QED) is 0.831. The van der Waals surface area contributed by atoms with Gasteiger partial charge in [0, 0.05) is 18.7 Å². The Kier molecular flexibility index (Phi) is 2.96. The van der Waals surface area contributed by atoms with Crippen molar-refractivity contribution in [2.45, 2.75) is 57.5 Å². The summed E-state index contributed by atoms with van der Waals surface area (Å²) in [6, 6.07) is 0. The molecule has 1 N–H and O–H groups in total. The van der Waals surface area contributed by atoms with Crippen LogP contribution >= 0.6 is 0 Å². The zero-order valence-electron chi connectivity index (χ0n) is 9.80. The van der Waals surface area contributed by atoms with Crippen LogP contribution in [0.4, 0.5) is 0 Å². The summed E-state index contributed by atoms with van der Waals surface area (Å²) in [6.07, 6.45) is 10.1. The van der Waals surface area contributed by atoms with Gasteiger partial charge in [-0.1, -0.05) is 0 Å². The number of aromatic amines is 1. The van der Waals surface area contributed by atoms with E-state index in [1.54, 1.807) is 0 Å². The van der Waals surface area contributed by atoms with Crippen molar-refractivity contribution < 1.29 is 4.74 Å². The van der Waals surface area contributed by atoms with E-state index in [2.05, 4.69) is 4.98 Å². The Morgan fingerprint density at radius 3 is 2.94 bits per heavy atom. The zero-order chi connectivity index (χ0) is 10.8. The fourth-order valence-electron chi connectivity index (χ4n) is 2.79. The Morgan fingerprint density at radius 1 is 1.19 bits per heavy atom. The number of ether oxygens (including phenoxy) is 1. The number of aryl methyl sites for hydroxylation is 2. The third-order valence-electron chi connectivity index (χ3n) is 3.70. The lowest BCUT2D eigenvalue weighted by Crippen LogP contribution is -2.21. The number of hydrogen-bond donors (Lipinski definition) is 1. The Labute approximate surface area is 96.6 Å². The number of hydrogen-bond acceptors (Lipinski definition) is 2. The molecule has 1 aromatic heterocycles. The molecule has 1 aliphatic heterocycles. The number of nitrogens with zero attached hydrogens (tertiary/aromatic N) is 1. The molecule has 1 unspecified atom stereocenters. The summed E-state index contributed by atoms with van der Waals surface area (Å²) in [5, 5.41) is 0. The van der Waals surface area contributed by atoms with Gasteiger partial charge < -0.3 is 9.72 Å². The molecular weight excluding hydrogens is 200 g/mol. The van der Waals surface area contributed by atoms with Crippen LogP contribution in [-0.2, 0) is 24.0 Å². The van der Waals surface area contributed by atoms with Gasteiger partial charge in [-0.3, -0.25) is 0 Å². The van der Waals surface area contributed by atoms with Crippen LogP contribution < -0.4 is 0 Å². The van der Waals surface area contributed by atoms with Gasteiger partial charge in [0.1, 0.15) is 5.82 Å². The predicted octanol–water partition coefficient (Wildman–Crippen LogP) is 2.40. The molecule has 0 saturated carbocycles. The summed E-state index contributed by atoms with van der Waals surface area (Å²) in [5.41, 5.74) is 2.70. The van der Waals surface area contributed by atoms with Crippen molar-refractivity contribution in [1.29, 1.82) is 0 Å². The topological polar surface area (TPSA) is 37.9 Å². The second-order valence-electron chi connectivity index (χ2n) is 5.01. The Hall–Kier alpha value is -0.830. The van der Waals surface area contributed by atoms with Crippen LogP contribution in [0.2, 0.25) is 0 Å². The first-order valence-electron chi connectivity index (χ1n) is 6.60. The second-order valence-corrected chi connectivity index (χ2v) is 5.01. The minimum atomic E-state index is 0.404. The highest BCUT2D eigenvalue weighted by molar-refractivity contribution is 5.18. The second kappa shape index (κ2) is 4.58. The molecule has 1 aliphatic carbocycles. The summed E-state index contributed by atoms with van der Waals surface area (Å²) in [7, 11) is 0. The van der Waals surface area contributed by atoms with Crippen LogP contribution in [0.25, 0.3) is 0 Å². The first-order chi connectivity index (χ1) is 7.92. The van der Waals surface area contributed by atoms with Gasteiger partial charge in [0.05, 0.1) is 11.8 Å². The first kappa shape index (κ1) is 10.3. The standard InChI is InChI=1S/C13H20N2O/c1-2-7-12-11(6-1)14-13(15-12)9-10-5-3-4-8-16-10/h10H,1-9H2,(H,14,15). The molecule has 1 fully saturated rings. The molecule has 3 nitrogen and oxygen atoms in total. The maximum absolute atomic E-state index is 5.75. The number of imidazole rings is 1. The molecule has 1 atom stereocenters. The minimum absolute atomic E-state index is 0.404. The largest absolute Gasteiger partial charge is 0.378 e. The van der Waals surface area contributed by atoms with Crippen LogP contribution in [0.15, 0.2) is 0 Å². The third-order valence-corrected chi connectivity index (χ3v) is 3.70. The molecule has 0 spiro atoms. The monoisotopic (exact) mass is 220 g/mol. The molecule has 2 heterocycles. The number of fused-ring (bicyclic) bond motifs is 1. The van der Waals surface area contributed by atoms with E-state index in [4.69, 9.17) is 9.72 Å². The highest BCUT2D eigenvalue weighted by Crippen LogP contribution is 2.21. The fraction of sp³-hybridized carbons (Fsp3) is 0.769.